The number of hydrogen-bond donors (Lipinski definition) is 2. The molecular weight excluding hydrogens is 365 g/mol. The van der Waals surface area contributed by atoms with Gasteiger partial charge in [0.05, 0.1) is 24.1 Å². The minimum atomic E-state index is -1.05. The first kappa shape index (κ1) is 21.0. The van der Waals surface area contributed by atoms with E-state index in [1.165, 1.54) is 12.1 Å². The Bertz CT molecular complexity index is 659. The number of halogens is 2. The Labute approximate surface area is 158 Å². The first-order valence-corrected chi connectivity index (χ1v) is 8.16. The molecule has 136 valence electrons. The molecule has 0 amide bonds. The third kappa shape index (κ3) is 8.03. The number of hydrogen-bond acceptors (Lipinski definition) is 5. The third-order valence-electron chi connectivity index (χ3n) is 3.08. The number of carboxylic acids is 1. The number of rotatable bonds is 5. The number of carboxylic acid groups (broad SMARTS) is 1. The molecule has 0 aliphatic carbocycles. The zero-order valence-corrected chi connectivity index (χ0v) is 15.6. The summed E-state index contributed by atoms with van der Waals surface area (Å²) < 4.78 is 4.86. The number of terminal acetylenes is 1. The van der Waals surface area contributed by atoms with Crippen LogP contribution in [0.5, 0.6) is 5.75 Å². The maximum Gasteiger partial charge on any atom is 0.341 e. The Morgan fingerprint density at radius 3 is 2.72 bits per heavy atom. The molecule has 0 fully saturated rings. The van der Waals surface area contributed by atoms with Gasteiger partial charge in [-0.1, -0.05) is 29.1 Å². The van der Waals surface area contributed by atoms with Crippen LogP contribution in [0.25, 0.3) is 0 Å². The van der Waals surface area contributed by atoms with Crippen molar-refractivity contribution in [2.45, 2.75) is 0 Å². The lowest BCUT2D eigenvalue weighted by Crippen LogP contribution is -2.41. The molecule has 1 aliphatic rings. The van der Waals surface area contributed by atoms with Gasteiger partial charge in [0.1, 0.15) is 5.75 Å². The molecule has 1 aromatic rings. The summed E-state index contributed by atoms with van der Waals surface area (Å²) in [5, 5.41) is 12.3. The number of nitrogens with one attached hydrogen (secondary N) is 1. The van der Waals surface area contributed by atoms with E-state index in [4.69, 9.17) is 39.5 Å². The molecule has 1 aliphatic heterocycles. The fourth-order valence-electron chi connectivity index (χ4n) is 1.97. The van der Waals surface area contributed by atoms with Crippen molar-refractivity contribution in [3.05, 3.63) is 40.1 Å². The van der Waals surface area contributed by atoms with Crippen molar-refractivity contribution in [2.75, 3.05) is 40.5 Å². The van der Waals surface area contributed by atoms with Crippen molar-refractivity contribution in [1.29, 1.82) is 0 Å². The van der Waals surface area contributed by atoms with Gasteiger partial charge in [-0.15, -0.1) is 6.42 Å². The largest absolute Gasteiger partial charge is 0.480 e. The highest BCUT2D eigenvalue weighted by Gasteiger charge is 2.11. The first-order valence-electron chi connectivity index (χ1n) is 7.40. The molecule has 2 N–H and O–H groups in total. The fraction of sp³-hybridized carbons (Fsp3) is 0.353. The van der Waals surface area contributed by atoms with Crippen molar-refractivity contribution >= 4 is 29.2 Å². The van der Waals surface area contributed by atoms with Gasteiger partial charge in [0.15, 0.2) is 6.61 Å². The summed E-state index contributed by atoms with van der Waals surface area (Å²) in [7, 11) is 4.13. The van der Waals surface area contributed by atoms with Gasteiger partial charge in [0, 0.05) is 18.6 Å². The monoisotopic (exact) mass is 385 g/mol. The molecule has 0 saturated carbocycles. The number of carbonyl (C=O) groups is 1. The number of aliphatic carboxylic acids is 1. The lowest BCUT2D eigenvalue weighted by molar-refractivity contribution is -0.139. The average molecular weight is 386 g/mol. The number of ether oxygens (including phenoxy) is 1. The Morgan fingerprint density at radius 2 is 2.16 bits per heavy atom. The summed E-state index contributed by atoms with van der Waals surface area (Å²) in [6.45, 7) is 2.11. The summed E-state index contributed by atoms with van der Waals surface area (Å²) in [4.78, 5) is 14.5. The van der Waals surface area contributed by atoms with Crippen molar-refractivity contribution in [3.8, 4) is 18.1 Å². The smallest absolute Gasteiger partial charge is 0.341 e. The van der Waals surface area contributed by atoms with E-state index < -0.39 is 12.6 Å². The maximum absolute atomic E-state index is 10.2. The van der Waals surface area contributed by atoms with Crippen molar-refractivity contribution in [1.82, 2.24) is 15.1 Å². The van der Waals surface area contributed by atoms with Gasteiger partial charge in [-0.3, -0.25) is 4.90 Å². The van der Waals surface area contributed by atoms with Gasteiger partial charge >= 0.3 is 5.97 Å². The van der Waals surface area contributed by atoms with Gasteiger partial charge < -0.3 is 20.1 Å². The molecule has 0 atom stereocenters. The summed E-state index contributed by atoms with van der Waals surface area (Å²) in [6, 6.07) is 4.58. The molecule has 25 heavy (non-hydrogen) atoms. The van der Waals surface area contributed by atoms with E-state index in [-0.39, 0.29) is 0 Å². The number of nitrogens with zero attached hydrogens (tertiary/aromatic N) is 2. The van der Waals surface area contributed by atoms with E-state index in [1.807, 2.05) is 7.05 Å². The Kier molecular flexibility index (Phi) is 9.00. The van der Waals surface area contributed by atoms with Crippen LogP contribution in [0.1, 0.15) is 0 Å². The molecule has 0 spiro atoms. The Hall–Kier alpha value is -2.07. The van der Waals surface area contributed by atoms with E-state index >= 15 is 0 Å². The Morgan fingerprint density at radius 1 is 1.44 bits per heavy atom. The second kappa shape index (κ2) is 10.7. The maximum atomic E-state index is 10.2. The minimum absolute atomic E-state index is 0.300. The topological polar surface area (TPSA) is 65.0 Å². The van der Waals surface area contributed by atoms with E-state index in [2.05, 4.69) is 34.2 Å². The normalized spacial score (nSPS) is 13.9. The van der Waals surface area contributed by atoms with Crippen LogP contribution in [-0.2, 0) is 4.79 Å². The second-order valence-corrected chi connectivity index (χ2v) is 6.13. The van der Waals surface area contributed by atoms with Crippen LogP contribution in [-0.4, -0.2) is 61.3 Å². The summed E-state index contributed by atoms with van der Waals surface area (Å²) in [5.74, 6) is 2.95. The molecule has 0 saturated heterocycles. The lowest BCUT2D eigenvalue weighted by Gasteiger charge is -2.32. The molecular formula is C17H21Cl2N3O3. The molecule has 8 heteroatoms. The quantitative estimate of drug-likeness (QED) is 0.758. The molecule has 6 nitrogen and oxygen atoms in total. The van der Waals surface area contributed by atoms with Gasteiger partial charge in [-0.25, -0.2) is 4.79 Å². The highest BCUT2D eigenvalue weighted by Crippen LogP contribution is 2.27. The van der Waals surface area contributed by atoms with Gasteiger partial charge in [0.2, 0.25) is 0 Å². The first-order chi connectivity index (χ1) is 11.8. The number of likely N-dealkylation sites (N-methyl/N-ethyl adjacent to an activating group) is 1. The minimum Gasteiger partial charge on any atom is -0.480 e. The van der Waals surface area contributed by atoms with Crippen molar-refractivity contribution in [3.63, 3.8) is 0 Å². The number of benzene rings is 1. The Balaban J connectivity index is 0.000000251. The molecule has 0 bridgehead atoms. The van der Waals surface area contributed by atoms with E-state index in [0.29, 0.717) is 22.3 Å². The van der Waals surface area contributed by atoms with Gasteiger partial charge in [0.25, 0.3) is 0 Å². The molecule has 0 unspecified atom stereocenters. The summed E-state index contributed by atoms with van der Waals surface area (Å²) in [5.41, 5.74) is 0. The van der Waals surface area contributed by atoms with Gasteiger partial charge in [-0.2, -0.15) is 0 Å². The van der Waals surface area contributed by atoms with E-state index in [1.54, 1.807) is 6.07 Å². The van der Waals surface area contributed by atoms with Crippen LogP contribution in [0.15, 0.2) is 30.1 Å². The molecule has 1 heterocycles. The van der Waals surface area contributed by atoms with Crippen LogP contribution in [0, 0.1) is 12.3 Å². The van der Waals surface area contributed by atoms with Crippen LogP contribution >= 0.6 is 23.2 Å². The average Bonchev–Trinajstić information content (AvgIpc) is 2.54. The zero-order chi connectivity index (χ0) is 18.8. The van der Waals surface area contributed by atoms with Crippen LogP contribution in [0.4, 0.5) is 0 Å². The van der Waals surface area contributed by atoms with Crippen molar-refractivity contribution < 1.29 is 14.6 Å². The van der Waals surface area contributed by atoms with Crippen LogP contribution in [0.3, 0.4) is 0 Å². The summed E-state index contributed by atoms with van der Waals surface area (Å²) in [6.07, 6.45) is 7.29. The van der Waals surface area contributed by atoms with E-state index in [0.717, 1.165) is 19.0 Å². The highest BCUT2D eigenvalue weighted by molar-refractivity contribution is 6.35. The predicted octanol–water partition coefficient (Wildman–Crippen LogP) is 2.34. The molecule has 1 aromatic carbocycles. The fourth-order valence-corrected chi connectivity index (χ4v) is 2.44. The lowest BCUT2D eigenvalue weighted by atomic mass is 10.3. The predicted molar refractivity (Wildman–Crippen MR) is 99.8 cm³/mol. The van der Waals surface area contributed by atoms with Crippen LogP contribution in [0.2, 0.25) is 10.0 Å². The van der Waals surface area contributed by atoms with E-state index in [9.17, 15) is 4.79 Å². The zero-order valence-electron chi connectivity index (χ0n) is 14.1. The molecule has 0 radical (unpaired) electrons. The second-order valence-electron chi connectivity index (χ2n) is 5.28. The standard InChI is InChI=1S/C9H15N3.C8H6Cl2O3/c1-4-6-10-9-5-7-11(2)8-12(9)3;9-5-1-2-7(6(10)3-5)13-4-8(11)12/h1,5,10H,6-8H2,2-3H3;1-3H,4H2,(H,11,12). The van der Waals surface area contributed by atoms with Crippen molar-refractivity contribution in [2.24, 2.45) is 0 Å². The highest BCUT2D eigenvalue weighted by atomic mass is 35.5. The molecule has 0 aromatic heterocycles. The summed E-state index contributed by atoms with van der Waals surface area (Å²) >= 11 is 11.3. The molecule has 2 rings (SSSR count). The van der Waals surface area contributed by atoms with Gasteiger partial charge in [-0.05, 0) is 31.3 Å². The SMILES string of the molecule is C#CCNC1=CCN(C)CN1C.O=C(O)COc1ccc(Cl)cc1Cl. The van der Waals surface area contributed by atoms with Crippen LogP contribution < -0.4 is 10.1 Å². The third-order valence-corrected chi connectivity index (χ3v) is 3.61.